The van der Waals surface area contributed by atoms with Crippen LogP contribution in [0.2, 0.25) is 0 Å². The molecule has 154 valence electrons. The molecule has 0 unspecified atom stereocenters. The van der Waals surface area contributed by atoms with Gasteiger partial charge < -0.3 is 14.2 Å². The first-order chi connectivity index (χ1) is 13.4. The van der Waals surface area contributed by atoms with Gasteiger partial charge in [0.25, 0.3) is 0 Å². The zero-order chi connectivity index (χ0) is 20.7. The molecule has 2 aromatic carbocycles. The molecular formula is C20H26FNO5S. The fourth-order valence-electron chi connectivity index (χ4n) is 2.72. The van der Waals surface area contributed by atoms with Gasteiger partial charge in [-0.25, -0.2) is 12.8 Å². The van der Waals surface area contributed by atoms with E-state index >= 15 is 0 Å². The molecular weight excluding hydrogens is 385 g/mol. The highest BCUT2D eigenvalue weighted by atomic mass is 32.2. The van der Waals surface area contributed by atoms with Crippen LogP contribution in [0.4, 0.5) is 4.39 Å². The number of rotatable bonds is 10. The summed E-state index contributed by atoms with van der Waals surface area (Å²) in [5, 5.41) is 0. The van der Waals surface area contributed by atoms with Gasteiger partial charge in [-0.15, -0.1) is 0 Å². The molecule has 0 aliphatic rings. The molecule has 0 aliphatic carbocycles. The van der Waals surface area contributed by atoms with Crippen molar-refractivity contribution in [1.82, 2.24) is 4.31 Å². The van der Waals surface area contributed by atoms with Crippen LogP contribution in [-0.2, 0) is 16.6 Å². The van der Waals surface area contributed by atoms with Gasteiger partial charge in [-0.3, -0.25) is 0 Å². The summed E-state index contributed by atoms with van der Waals surface area (Å²) in [4.78, 5) is 0.0928. The van der Waals surface area contributed by atoms with E-state index in [0.29, 0.717) is 30.3 Å². The largest absolute Gasteiger partial charge is 0.494 e. The molecule has 0 amide bonds. The lowest BCUT2D eigenvalue weighted by Gasteiger charge is -2.22. The molecule has 0 atom stereocenters. The molecule has 2 aromatic rings. The van der Waals surface area contributed by atoms with Crippen LogP contribution in [0.5, 0.6) is 17.2 Å². The minimum Gasteiger partial charge on any atom is -0.494 e. The molecule has 8 heteroatoms. The predicted octanol–water partition coefficient (Wildman–Crippen LogP) is 3.84. The Labute approximate surface area is 165 Å². The molecule has 0 fully saturated rings. The van der Waals surface area contributed by atoms with E-state index in [4.69, 9.17) is 14.2 Å². The van der Waals surface area contributed by atoms with Gasteiger partial charge in [-0.2, -0.15) is 4.31 Å². The van der Waals surface area contributed by atoms with Crippen molar-refractivity contribution in [3.05, 3.63) is 47.8 Å². The zero-order valence-electron chi connectivity index (χ0n) is 16.6. The third-order valence-electron chi connectivity index (χ3n) is 4.08. The lowest BCUT2D eigenvalue weighted by atomic mass is 10.2. The predicted molar refractivity (Wildman–Crippen MR) is 105 cm³/mol. The molecule has 0 spiro atoms. The SMILES string of the molecule is CCOc1ccc(S(=O)(=O)N(CC)Cc2ccc(OC)c(F)c2)cc1OCC. The van der Waals surface area contributed by atoms with Crippen LogP contribution in [0.3, 0.4) is 0 Å². The minimum atomic E-state index is -3.81. The Morgan fingerprint density at radius 3 is 2.14 bits per heavy atom. The maximum atomic E-state index is 14.0. The summed E-state index contributed by atoms with van der Waals surface area (Å²) in [6.45, 7) is 6.47. The Bertz CT molecular complexity index is 901. The van der Waals surface area contributed by atoms with Crippen molar-refractivity contribution in [2.45, 2.75) is 32.2 Å². The Balaban J connectivity index is 2.34. The molecule has 0 aliphatic heterocycles. The summed E-state index contributed by atoms with van der Waals surface area (Å²) in [5.74, 6) is 0.441. The van der Waals surface area contributed by atoms with Gasteiger partial charge in [0, 0.05) is 19.2 Å². The molecule has 6 nitrogen and oxygen atoms in total. The Morgan fingerprint density at radius 1 is 0.929 bits per heavy atom. The van der Waals surface area contributed by atoms with E-state index in [0.717, 1.165) is 0 Å². The highest BCUT2D eigenvalue weighted by Gasteiger charge is 2.25. The smallest absolute Gasteiger partial charge is 0.243 e. The number of ether oxygens (including phenoxy) is 3. The van der Waals surface area contributed by atoms with Gasteiger partial charge in [0.2, 0.25) is 10.0 Å². The summed E-state index contributed by atoms with van der Waals surface area (Å²) in [6, 6.07) is 8.93. The van der Waals surface area contributed by atoms with Crippen LogP contribution in [0.25, 0.3) is 0 Å². The molecule has 0 N–H and O–H groups in total. The Morgan fingerprint density at radius 2 is 1.57 bits per heavy atom. The molecule has 0 saturated heterocycles. The van der Waals surface area contributed by atoms with Gasteiger partial charge in [-0.05, 0) is 43.7 Å². The van der Waals surface area contributed by atoms with Crippen LogP contribution in [0.15, 0.2) is 41.3 Å². The quantitative estimate of drug-likeness (QED) is 0.594. The monoisotopic (exact) mass is 411 g/mol. The number of halogens is 1. The number of hydrogen-bond acceptors (Lipinski definition) is 5. The third-order valence-corrected chi connectivity index (χ3v) is 6.00. The molecule has 0 heterocycles. The standard InChI is InChI=1S/C20H26FNO5S/c1-5-22(14-15-8-10-18(25-4)17(21)12-15)28(23,24)16-9-11-19(26-6-2)20(13-16)27-7-3/h8-13H,5-7,14H2,1-4H3. The summed E-state index contributed by atoms with van der Waals surface area (Å²) < 4.78 is 57.4. The minimum absolute atomic E-state index is 0.0386. The molecule has 0 saturated carbocycles. The third kappa shape index (κ3) is 4.94. The van der Waals surface area contributed by atoms with Crippen molar-refractivity contribution in [3.8, 4) is 17.2 Å². The van der Waals surface area contributed by atoms with E-state index in [1.54, 1.807) is 19.1 Å². The van der Waals surface area contributed by atoms with Crippen molar-refractivity contribution in [3.63, 3.8) is 0 Å². The fraction of sp³-hybridized carbons (Fsp3) is 0.400. The van der Waals surface area contributed by atoms with E-state index < -0.39 is 15.8 Å². The van der Waals surface area contributed by atoms with Crippen molar-refractivity contribution in [1.29, 1.82) is 0 Å². The summed E-state index contributed by atoms with van der Waals surface area (Å²) >= 11 is 0. The second-order valence-corrected chi connectivity index (χ2v) is 7.81. The fourth-order valence-corrected chi connectivity index (χ4v) is 4.17. The van der Waals surface area contributed by atoms with Crippen molar-refractivity contribution in [2.75, 3.05) is 26.9 Å². The van der Waals surface area contributed by atoms with E-state index in [9.17, 15) is 12.8 Å². The second-order valence-electron chi connectivity index (χ2n) is 5.87. The highest BCUT2D eigenvalue weighted by Crippen LogP contribution is 2.32. The van der Waals surface area contributed by atoms with Gasteiger partial charge in [0.05, 0.1) is 25.2 Å². The first kappa shape index (κ1) is 22.0. The Hall–Kier alpha value is -2.32. The molecule has 0 aromatic heterocycles. The summed E-state index contributed by atoms with van der Waals surface area (Å²) in [5.41, 5.74) is 0.527. The maximum absolute atomic E-state index is 14.0. The second kappa shape index (κ2) is 9.75. The average molecular weight is 411 g/mol. The Kier molecular flexibility index (Phi) is 7.65. The molecule has 0 bridgehead atoms. The summed E-state index contributed by atoms with van der Waals surface area (Å²) in [7, 11) is -2.43. The first-order valence-electron chi connectivity index (χ1n) is 9.09. The van der Waals surface area contributed by atoms with Crippen LogP contribution in [0.1, 0.15) is 26.3 Å². The van der Waals surface area contributed by atoms with E-state index in [2.05, 4.69) is 0 Å². The maximum Gasteiger partial charge on any atom is 0.243 e. The number of benzene rings is 2. The van der Waals surface area contributed by atoms with Crippen LogP contribution >= 0.6 is 0 Å². The van der Waals surface area contributed by atoms with Gasteiger partial charge in [0.15, 0.2) is 23.1 Å². The molecule has 0 radical (unpaired) electrons. The first-order valence-corrected chi connectivity index (χ1v) is 10.5. The van der Waals surface area contributed by atoms with E-state index in [-0.39, 0.29) is 23.7 Å². The molecule has 2 rings (SSSR count). The van der Waals surface area contributed by atoms with Crippen molar-refractivity contribution in [2.24, 2.45) is 0 Å². The van der Waals surface area contributed by atoms with E-state index in [1.165, 1.54) is 35.7 Å². The number of hydrogen-bond donors (Lipinski definition) is 0. The summed E-state index contributed by atoms with van der Waals surface area (Å²) in [6.07, 6.45) is 0. The van der Waals surface area contributed by atoms with Crippen LogP contribution in [-0.4, -0.2) is 39.6 Å². The number of nitrogens with zero attached hydrogens (tertiary/aromatic N) is 1. The van der Waals surface area contributed by atoms with Gasteiger partial charge >= 0.3 is 0 Å². The number of methoxy groups -OCH3 is 1. The van der Waals surface area contributed by atoms with Crippen molar-refractivity contribution < 1.29 is 27.0 Å². The lowest BCUT2D eigenvalue weighted by Crippen LogP contribution is -2.30. The highest BCUT2D eigenvalue weighted by molar-refractivity contribution is 7.89. The topological polar surface area (TPSA) is 65.1 Å². The van der Waals surface area contributed by atoms with E-state index in [1.807, 2.05) is 13.8 Å². The number of sulfonamides is 1. The molecule has 28 heavy (non-hydrogen) atoms. The van der Waals surface area contributed by atoms with Gasteiger partial charge in [-0.1, -0.05) is 13.0 Å². The van der Waals surface area contributed by atoms with Crippen LogP contribution < -0.4 is 14.2 Å². The van der Waals surface area contributed by atoms with Crippen LogP contribution in [0, 0.1) is 5.82 Å². The van der Waals surface area contributed by atoms with Gasteiger partial charge in [0.1, 0.15) is 0 Å². The normalized spacial score (nSPS) is 11.5. The van der Waals surface area contributed by atoms with Crippen molar-refractivity contribution >= 4 is 10.0 Å². The lowest BCUT2D eigenvalue weighted by molar-refractivity contribution is 0.287. The average Bonchev–Trinajstić information content (AvgIpc) is 2.67. The zero-order valence-corrected chi connectivity index (χ0v) is 17.4.